The van der Waals surface area contributed by atoms with Crippen LogP contribution in [0.4, 0.5) is 0 Å². The van der Waals surface area contributed by atoms with Crippen molar-refractivity contribution >= 4 is 17.5 Å². The topological polar surface area (TPSA) is 101 Å². The average Bonchev–Trinajstić information content (AvgIpc) is 3.26. The Kier molecular flexibility index (Phi) is 9.80. The highest BCUT2D eigenvalue weighted by atomic mass is 16.5. The second-order valence-corrected chi connectivity index (χ2v) is 16.1. The Morgan fingerprint density at radius 2 is 1.79 bits per heavy atom. The van der Waals surface area contributed by atoms with Crippen molar-refractivity contribution < 1.29 is 29.3 Å². The van der Waals surface area contributed by atoms with Gasteiger partial charge in [0, 0.05) is 22.8 Å². The molecule has 0 amide bonds. The molecule has 0 spiro atoms. The molecule has 1 unspecified atom stereocenters. The highest BCUT2D eigenvalue weighted by Crippen LogP contribution is 2.67. The average molecular weight is 643 g/mol. The molecule has 0 aromatic rings. The van der Waals surface area contributed by atoms with E-state index in [1.165, 1.54) is 30.1 Å². The van der Waals surface area contributed by atoms with Crippen molar-refractivity contribution in [3.8, 4) is 0 Å². The predicted octanol–water partition coefficient (Wildman–Crippen LogP) is 7.64. The summed E-state index contributed by atoms with van der Waals surface area (Å²) in [5.74, 6) is -1.08. The first-order chi connectivity index (χ1) is 22.0. The summed E-state index contributed by atoms with van der Waals surface area (Å²) in [6.07, 6.45) is 22.4. The molecule has 7 atom stereocenters. The van der Waals surface area contributed by atoms with Crippen LogP contribution in [0.3, 0.4) is 0 Å². The molecule has 47 heavy (non-hydrogen) atoms. The molecule has 0 heterocycles. The van der Waals surface area contributed by atoms with Crippen molar-refractivity contribution in [2.75, 3.05) is 6.61 Å². The van der Waals surface area contributed by atoms with E-state index in [4.69, 9.17) is 4.74 Å². The minimum absolute atomic E-state index is 0.00975. The van der Waals surface area contributed by atoms with Gasteiger partial charge in [-0.25, -0.2) is 4.79 Å². The van der Waals surface area contributed by atoms with Gasteiger partial charge in [0.15, 0.2) is 12.4 Å². The maximum atomic E-state index is 13.6. The van der Waals surface area contributed by atoms with Crippen LogP contribution in [-0.4, -0.2) is 46.1 Å². The molecule has 5 rings (SSSR count). The number of ether oxygens (including phenoxy) is 1. The summed E-state index contributed by atoms with van der Waals surface area (Å²) in [4.78, 5) is 38.3. The SMILES string of the molecule is CC1=C(/C=C/C(C)=C/C=C/C(C)=C/C(=O)OCC(=O)[C@@]2(O)CC[C@H]3[C@@H]4CCC5=CC(=O)C=C[C@]5(C)[C@H]4C(O)C[C@@]32C)C(C)(C)CCC1. The highest BCUT2D eigenvalue weighted by molar-refractivity contribution is 6.01. The van der Waals surface area contributed by atoms with Gasteiger partial charge in [0.25, 0.3) is 0 Å². The summed E-state index contributed by atoms with van der Waals surface area (Å²) in [7, 11) is 0. The van der Waals surface area contributed by atoms with Crippen LogP contribution >= 0.6 is 0 Å². The van der Waals surface area contributed by atoms with Gasteiger partial charge in [-0.1, -0.05) is 80.9 Å². The first-order valence-electron chi connectivity index (χ1n) is 17.5. The number of allylic oxidation sites excluding steroid dienone is 13. The molecule has 0 saturated heterocycles. The number of ketones is 2. The zero-order valence-electron chi connectivity index (χ0n) is 29.4. The lowest BCUT2D eigenvalue weighted by Crippen LogP contribution is -2.61. The van der Waals surface area contributed by atoms with E-state index < -0.39 is 40.9 Å². The summed E-state index contributed by atoms with van der Waals surface area (Å²) < 4.78 is 5.37. The Balaban J connectivity index is 1.19. The van der Waals surface area contributed by atoms with Crippen molar-refractivity contribution in [2.24, 2.45) is 34.0 Å². The lowest BCUT2D eigenvalue weighted by molar-refractivity contribution is -0.180. The molecule has 0 radical (unpaired) electrons. The summed E-state index contributed by atoms with van der Waals surface area (Å²) >= 11 is 0. The molecule has 0 aromatic heterocycles. The Morgan fingerprint density at radius 3 is 2.51 bits per heavy atom. The molecule has 254 valence electrons. The van der Waals surface area contributed by atoms with Crippen molar-refractivity contribution in [1.29, 1.82) is 0 Å². The van der Waals surface area contributed by atoms with E-state index in [9.17, 15) is 24.6 Å². The second kappa shape index (κ2) is 13.1. The highest BCUT2D eigenvalue weighted by Gasteiger charge is 2.68. The van der Waals surface area contributed by atoms with Crippen LogP contribution in [0.25, 0.3) is 0 Å². The number of Topliss-reactive ketones (excluding diaryl/α,β-unsaturated/α-hetero) is 1. The van der Waals surface area contributed by atoms with Gasteiger partial charge in [-0.3, -0.25) is 9.59 Å². The number of aliphatic hydroxyl groups is 2. The molecule has 0 aliphatic heterocycles. The maximum absolute atomic E-state index is 13.6. The minimum atomic E-state index is -1.69. The maximum Gasteiger partial charge on any atom is 0.331 e. The number of carbonyl (C=O) groups excluding carboxylic acids is 3. The number of fused-ring (bicyclic) bond motifs is 5. The standard InChI is InChI=1S/C41H54O6/c1-26(13-16-32-28(3)12-9-19-38(32,4)5)10-8-11-27(2)22-36(45)47-25-35(44)41(46)21-18-33-31-15-14-29-23-30(42)17-20-39(29,6)37(31)34(43)24-40(33,41)7/h8,10-11,13,16-17,20,22-23,31,33-34,37,43,46H,9,12,14-15,18-19,21,24-25H2,1-7H3/b11-8+,16-13+,26-10+,27-22+/t31-,33-,34?,37+,39-,40-,41-/m0/s1. The summed E-state index contributed by atoms with van der Waals surface area (Å²) in [5.41, 5.74) is 2.99. The van der Waals surface area contributed by atoms with E-state index in [0.717, 1.165) is 30.4 Å². The largest absolute Gasteiger partial charge is 0.454 e. The Hall–Kier alpha value is -3.09. The first kappa shape index (κ1) is 35.2. The Morgan fingerprint density at radius 1 is 1.04 bits per heavy atom. The zero-order valence-corrected chi connectivity index (χ0v) is 29.4. The van der Waals surface area contributed by atoms with E-state index in [-0.39, 0.29) is 41.8 Å². The normalized spacial score (nSPS) is 37.1. The molecule has 0 bridgehead atoms. The van der Waals surface area contributed by atoms with Gasteiger partial charge >= 0.3 is 5.97 Å². The van der Waals surface area contributed by atoms with Crippen LogP contribution in [-0.2, 0) is 19.1 Å². The monoisotopic (exact) mass is 642 g/mol. The van der Waals surface area contributed by atoms with Crippen LogP contribution in [0.15, 0.2) is 82.5 Å². The third kappa shape index (κ3) is 6.53. The quantitative estimate of drug-likeness (QED) is 0.160. The smallest absolute Gasteiger partial charge is 0.331 e. The third-order valence-corrected chi connectivity index (χ3v) is 12.6. The van der Waals surface area contributed by atoms with Gasteiger partial charge in [-0.05, 0) is 113 Å². The number of aliphatic hydroxyl groups excluding tert-OH is 1. The van der Waals surface area contributed by atoms with E-state index >= 15 is 0 Å². The van der Waals surface area contributed by atoms with Gasteiger partial charge in [-0.2, -0.15) is 0 Å². The van der Waals surface area contributed by atoms with E-state index in [0.29, 0.717) is 12.0 Å². The van der Waals surface area contributed by atoms with Crippen molar-refractivity contribution in [1.82, 2.24) is 0 Å². The van der Waals surface area contributed by atoms with Gasteiger partial charge in [0.1, 0.15) is 5.60 Å². The van der Waals surface area contributed by atoms with E-state index in [1.807, 2.05) is 38.2 Å². The molecule has 6 heteroatoms. The molecule has 3 saturated carbocycles. The van der Waals surface area contributed by atoms with E-state index in [2.05, 4.69) is 39.8 Å². The summed E-state index contributed by atoms with van der Waals surface area (Å²) in [6, 6.07) is 0. The van der Waals surface area contributed by atoms with Crippen molar-refractivity contribution in [3.63, 3.8) is 0 Å². The number of esters is 1. The number of rotatable bonds is 8. The third-order valence-electron chi connectivity index (χ3n) is 12.6. The molecule has 3 fully saturated rings. The fraction of sp³-hybridized carbons (Fsp3) is 0.585. The first-order valence-corrected chi connectivity index (χ1v) is 17.5. The fourth-order valence-electron chi connectivity index (χ4n) is 9.95. The summed E-state index contributed by atoms with van der Waals surface area (Å²) in [6.45, 7) is 14.2. The van der Waals surface area contributed by atoms with Crippen LogP contribution in [0.5, 0.6) is 0 Å². The van der Waals surface area contributed by atoms with Crippen LogP contribution < -0.4 is 0 Å². The van der Waals surface area contributed by atoms with Gasteiger partial charge in [0.05, 0.1) is 6.10 Å². The van der Waals surface area contributed by atoms with Gasteiger partial charge in [-0.15, -0.1) is 0 Å². The number of hydrogen-bond donors (Lipinski definition) is 2. The second-order valence-electron chi connectivity index (χ2n) is 16.1. The molecule has 0 aromatic carbocycles. The molecular formula is C41H54O6. The fourth-order valence-corrected chi connectivity index (χ4v) is 9.95. The van der Waals surface area contributed by atoms with Crippen LogP contribution in [0, 0.1) is 34.0 Å². The molecule has 5 aliphatic carbocycles. The zero-order chi connectivity index (χ0) is 34.4. The van der Waals surface area contributed by atoms with Crippen LogP contribution in [0.1, 0.15) is 99.8 Å². The summed E-state index contributed by atoms with van der Waals surface area (Å²) in [5, 5.41) is 23.5. The molecule has 6 nitrogen and oxygen atoms in total. The van der Waals surface area contributed by atoms with Crippen molar-refractivity contribution in [2.45, 2.75) is 112 Å². The lowest BCUT2D eigenvalue weighted by atomic mass is 9.46. The van der Waals surface area contributed by atoms with Crippen LogP contribution in [0.2, 0.25) is 0 Å². The molecular weight excluding hydrogens is 588 g/mol. The number of carbonyl (C=O) groups is 3. The predicted molar refractivity (Wildman–Crippen MR) is 185 cm³/mol. The lowest BCUT2D eigenvalue weighted by Gasteiger charge is -2.59. The van der Waals surface area contributed by atoms with Crippen molar-refractivity contribution in [3.05, 3.63) is 82.5 Å². The van der Waals surface area contributed by atoms with E-state index in [1.54, 1.807) is 19.1 Å². The molecule has 5 aliphatic rings. The van der Waals surface area contributed by atoms with Gasteiger partial charge < -0.3 is 14.9 Å². The Bertz CT molecular complexity index is 1530. The number of hydrogen-bond acceptors (Lipinski definition) is 6. The molecule has 2 N–H and O–H groups in total. The van der Waals surface area contributed by atoms with Gasteiger partial charge in [0.2, 0.25) is 5.78 Å². The minimum Gasteiger partial charge on any atom is -0.454 e. The Labute approximate surface area is 281 Å².